The van der Waals surface area contributed by atoms with Crippen LogP contribution in [0.1, 0.15) is 57.4 Å². The van der Waals surface area contributed by atoms with Crippen LogP contribution in [0.4, 0.5) is 0 Å². The fourth-order valence-corrected chi connectivity index (χ4v) is 3.78. The molecule has 1 heterocycles. The summed E-state index contributed by atoms with van der Waals surface area (Å²) in [6, 6.07) is 9.21. The number of amides is 2. The zero-order valence-electron chi connectivity index (χ0n) is 18.2. The highest BCUT2D eigenvalue weighted by atomic mass is 32.1. The first-order valence-electron chi connectivity index (χ1n) is 11.1. The molecule has 0 bridgehead atoms. The number of carbonyl (C=O) groups excluding carboxylic acids is 3. The van der Waals surface area contributed by atoms with Gasteiger partial charge in [-0.1, -0.05) is 56.5 Å². The van der Waals surface area contributed by atoms with E-state index in [9.17, 15) is 14.4 Å². The van der Waals surface area contributed by atoms with Crippen LogP contribution in [-0.4, -0.2) is 53.5 Å². The molecule has 2 rings (SSSR count). The van der Waals surface area contributed by atoms with Gasteiger partial charge in [0.05, 0.1) is 13.0 Å². The summed E-state index contributed by atoms with van der Waals surface area (Å²) in [7, 11) is 0. The van der Waals surface area contributed by atoms with E-state index in [0.29, 0.717) is 32.5 Å². The SMILES string of the molecule is CCCCCCC(=O)NC(=S)N1CCNC(=O)C1CC(=O)OCCCc1ccccc1. The van der Waals surface area contributed by atoms with E-state index in [4.69, 9.17) is 17.0 Å². The average Bonchev–Trinajstić information content (AvgIpc) is 2.76. The Kier molecular flexibility index (Phi) is 11.0. The van der Waals surface area contributed by atoms with Crippen molar-refractivity contribution in [3.05, 3.63) is 35.9 Å². The van der Waals surface area contributed by atoms with Gasteiger partial charge < -0.3 is 20.3 Å². The predicted octanol–water partition coefficient (Wildman–Crippen LogP) is 2.72. The Morgan fingerprint density at radius 3 is 2.71 bits per heavy atom. The Bertz CT molecular complexity index is 742. The van der Waals surface area contributed by atoms with Crippen LogP contribution in [0, 0.1) is 0 Å². The molecule has 1 atom stereocenters. The molecule has 1 aliphatic heterocycles. The van der Waals surface area contributed by atoms with Gasteiger partial charge in [-0.15, -0.1) is 0 Å². The largest absolute Gasteiger partial charge is 0.466 e. The predicted molar refractivity (Wildman–Crippen MR) is 123 cm³/mol. The van der Waals surface area contributed by atoms with E-state index in [1.807, 2.05) is 30.3 Å². The Labute approximate surface area is 189 Å². The lowest BCUT2D eigenvalue weighted by Gasteiger charge is -2.36. The topological polar surface area (TPSA) is 87.7 Å². The number of nitrogens with zero attached hydrogens (tertiary/aromatic N) is 1. The second-order valence-corrected chi connectivity index (χ2v) is 8.06. The van der Waals surface area contributed by atoms with E-state index in [2.05, 4.69) is 17.6 Å². The molecule has 31 heavy (non-hydrogen) atoms. The molecular weight excluding hydrogens is 414 g/mol. The molecule has 1 saturated heterocycles. The average molecular weight is 448 g/mol. The lowest BCUT2D eigenvalue weighted by molar-refractivity contribution is -0.147. The Balaban J connectivity index is 1.78. The van der Waals surface area contributed by atoms with Gasteiger partial charge in [-0.2, -0.15) is 0 Å². The third-order valence-electron chi connectivity index (χ3n) is 5.17. The first-order chi connectivity index (χ1) is 15.0. The van der Waals surface area contributed by atoms with Crippen LogP contribution in [0.25, 0.3) is 0 Å². The van der Waals surface area contributed by atoms with E-state index >= 15 is 0 Å². The molecule has 8 heteroatoms. The first-order valence-corrected chi connectivity index (χ1v) is 11.5. The Morgan fingerprint density at radius 2 is 1.97 bits per heavy atom. The normalized spacial score (nSPS) is 15.8. The number of piperazine rings is 1. The summed E-state index contributed by atoms with van der Waals surface area (Å²) in [6.45, 7) is 3.26. The number of carbonyl (C=O) groups is 3. The molecule has 2 N–H and O–H groups in total. The zero-order chi connectivity index (χ0) is 22.5. The van der Waals surface area contributed by atoms with Crippen molar-refractivity contribution in [2.45, 2.75) is 64.3 Å². The van der Waals surface area contributed by atoms with E-state index in [0.717, 1.165) is 32.1 Å². The third kappa shape index (κ3) is 9.04. The Hall–Kier alpha value is -2.48. The van der Waals surface area contributed by atoms with Crippen LogP contribution in [0.5, 0.6) is 0 Å². The highest BCUT2D eigenvalue weighted by Crippen LogP contribution is 2.12. The fourth-order valence-electron chi connectivity index (χ4n) is 3.45. The molecule has 1 unspecified atom stereocenters. The molecule has 1 aromatic carbocycles. The number of esters is 1. The summed E-state index contributed by atoms with van der Waals surface area (Å²) < 4.78 is 5.32. The molecule has 2 amide bonds. The fraction of sp³-hybridized carbons (Fsp3) is 0.565. The molecule has 170 valence electrons. The van der Waals surface area contributed by atoms with E-state index in [1.165, 1.54) is 5.56 Å². The van der Waals surface area contributed by atoms with Crippen molar-refractivity contribution in [1.82, 2.24) is 15.5 Å². The van der Waals surface area contributed by atoms with Gasteiger partial charge in [0.2, 0.25) is 11.8 Å². The van der Waals surface area contributed by atoms with Crippen LogP contribution >= 0.6 is 12.2 Å². The molecule has 0 aromatic heterocycles. The maximum absolute atomic E-state index is 12.4. The molecule has 0 spiro atoms. The minimum atomic E-state index is -0.775. The summed E-state index contributed by atoms with van der Waals surface area (Å²) in [5.74, 6) is -0.893. The molecule has 0 saturated carbocycles. The highest BCUT2D eigenvalue weighted by molar-refractivity contribution is 7.80. The van der Waals surface area contributed by atoms with Crippen molar-refractivity contribution in [1.29, 1.82) is 0 Å². The minimum absolute atomic E-state index is 0.107. The number of aryl methyl sites for hydroxylation is 1. The standard InChI is InChI=1S/C23H33N3O4S/c1-2-3-4-8-13-20(27)25-23(31)26-15-14-24-22(29)19(26)17-21(28)30-16-9-12-18-10-6-5-7-11-18/h5-7,10-11,19H,2-4,8-9,12-17H2,1H3,(H,24,29)(H,25,27,31). The van der Waals surface area contributed by atoms with E-state index in [-0.39, 0.29) is 23.3 Å². The highest BCUT2D eigenvalue weighted by Gasteiger charge is 2.34. The van der Waals surface area contributed by atoms with Crippen LogP contribution in [0.15, 0.2) is 30.3 Å². The molecule has 1 aromatic rings. The summed E-state index contributed by atoms with van der Waals surface area (Å²) in [5.41, 5.74) is 1.19. The summed E-state index contributed by atoms with van der Waals surface area (Å²) in [6.07, 6.45) is 5.83. The quantitative estimate of drug-likeness (QED) is 0.308. The first kappa shape index (κ1) is 24.8. The van der Waals surface area contributed by atoms with E-state index in [1.54, 1.807) is 4.90 Å². The maximum Gasteiger partial charge on any atom is 0.308 e. The maximum atomic E-state index is 12.4. The number of nitrogens with one attached hydrogen (secondary N) is 2. The van der Waals surface area contributed by atoms with Crippen molar-refractivity contribution in [3.63, 3.8) is 0 Å². The summed E-state index contributed by atoms with van der Waals surface area (Å²) >= 11 is 5.36. The number of benzene rings is 1. The smallest absolute Gasteiger partial charge is 0.308 e. The molecule has 7 nitrogen and oxygen atoms in total. The van der Waals surface area contributed by atoms with Gasteiger partial charge in [0.1, 0.15) is 6.04 Å². The third-order valence-corrected chi connectivity index (χ3v) is 5.51. The van der Waals surface area contributed by atoms with Gasteiger partial charge in [-0.25, -0.2) is 0 Å². The molecular formula is C23H33N3O4S. The second kappa shape index (κ2) is 13.7. The van der Waals surface area contributed by atoms with E-state index < -0.39 is 12.0 Å². The number of thiocarbonyl (C=S) groups is 1. The van der Waals surface area contributed by atoms with Crippen LogP contribution < -0.4 is 10.6 Å². The van der Waals surface area contributed by atoms with Crippen molar-refractivity contribution in [2.75, 3.05) is 19.7 Å². The van der Waals surface area contributed by atoms with Crippen LogP contribution in [-0.2, 0) is 25.5 Å². The molecule has 1 aliphatic rings. The summed E-state index contributed by atoms with van der Waals surface area (Å²) in [4.78, 5) is 38.4. The number of rotatable bonds is 11. The zero-order valence-corrected chi connectivity index (χ0v) is 19.0. The molecule has 0 aliphatic carbocycles. The van der Waals surface area contributed by atoms with Gasteiger partial charge >= 0.3 is 5.97 Å². The minimum Gasteiger partial charge on any atom is -0.466 e. The number of hydrogen-bond donors (Lipinski definition) is 2. The van der Waals surface area contributed by atoms with Gasteiger partial charge in [0.25, 0.3) is 0 Å². The summed E-state index contributed by atoms with van der Waals surface area (Å²) in [5, 5.41) is 5.65. The van der Waals surface area contributed by atoms with Crippen molar-refractivity contribution >= 4 is 35.1 Å². The van der Waals surface area contributed by atoms with Gasteiger partial charge in [0.15, 0.2) is 5.11 Å². The number of unbranched alkanes of at least 4 members (excludes halogenated alkanes) is 3. The Morgan fingerprint density at radius 1 is 1.19 bits per heavy atom. The molecule has 0 radical (unpaired) electrons. The monoisotopic (exact) mass is 447 g/mol. The second-order valence-electron chi connectivity index (χ2n) is 7.68. The van der Waals surface area contributed by atoms with Gasteiger partial charge in [-0.05, 0) is 37.0 Å². The lowest BCUT2D eigenvalue weighted by atomic mass is 10.1. The molecule has 1 fully saturated rings. The number of hydrogen-bond acceptors (Lipinski definition) is 5. The van der Waals surface area contributed by atoms with Gasteiger partial charge in [-0.3, -0.25) is 14.4 Å². The number of ether oxygens (including phenoxy) is 1. The van der Waals surface area contributed by atoms with Crippen LogP contribution in [0.2, 0.25) is 0 Å². The van der Waals surface area contributed by atoms with Crippen molar-refractivity contribution in [2.24, 2.45) is 0 Å². The lowest BCUT2D eigenvalue weighted by Crippen LogP contribution is -2.60. The van der Waals surface area contributed by atoms with Crippen molar-refractivity contribution < 1.29 is 19.1 Å². The van der Waals surface area contributed by atoms with Gasteiger partial charge in [0, 0.05) is 19.5 Å². The van der Waals surface area contributed by atoms with Crippen molar-refractivity contribution in [3.8, 4) is 0 Å². The van der Waals surface area contributed by atoms with Crippen LogP contribution in [0.3, 0.4) is 0 Å².